The average molecular weight is 277 g/mol. The maximum atomic E-state index is 5.69. The van der Waals surface area contributed by atoms with Crippen molar-refractivity contribution >= 4 is 11.6 Å². The predicted molar refractivity (Wildman–Crippen MR) is 82.5 cm³/mol. The zero-order valence-electron chi connectivity index (χ0n) is 11.4. The van der Waals surface area contributed by atoms with Gasteiger partial charge in [-0.05, 0) is 29.8 Å². The van der Waals surface area contributed by atoms with Gasteiger partial charge in [-0.1, -0.05) is 36.4 Å². The molecule has 2 heterocycles. The quantitative estimate of drug-likeness (QED) is 0.770. The zero-order valence-corrected chi connectivity index (χ0v) is 11.4. The van der Waals surface area contributed by atoms with Gasteiger partial charge < -0.3 is 10.1 Å². The van der Waals surface area contributed by atoms with Crippen molar-refractivity contribution in [2.45, 2.75) is 6.61 Å². The fraction of sp³-hybridized carbons (Fsp3) is 0.0588. The Labute approximate surface area is 123 Å². The molecule has 0 aliphatic heterocycles. The van der Waals surface area contributed by atoms with Crippen LogP contribution < -0.4 is 10.1 Å². The van der Waals surface area contributed by atoms with Crippen molar-refractivity contribution < 1.29 is 4.74 Å². The molecule has 104 valence electrons. The van der Waals surface area contributed by atoms with Crippen LogP contribution in [0.5, 0.6) is 5.75 Å². The smallest absolute Gasteiger partial charge is 0.138 e. The van der Waals surface area contributed by atoms with E-state index in [4.69, 9.17) is 4.74 Å². The minimum absolute atomic E-state index is 0.537. The van der Waals surface area contributed by atoms with Crippen molar-refractivity contribution in [2.75, 3.05) is 5.32 Å². The van der Waals surface area contributed by atoms with Gasteiger partial charge in [0.25, 0.3) is 0 Å². The van der Waals surface area contributed by atoms with Gasteiger partial charge in [0.05, 0.1) is 6.20 Å². The van der Waals surface area contributed by atoms with Crippen molar-refractivity contribution in [2.24, 2.45) is 0 Å². The number of hydrogen-bond acceptors (Lipinski definition) is 4. The molecule has 0 radical (unpaired) electrons. The Kier molecular flexibility index (Phi) is 4.07. The molecule has 0 amide bonds. The van der Waals surface area contributed by atoms with Gasteiger partial charge in [-0.25, -0.2) is 9.97 Å². The van der Waals surface area contributed by atoms with E-state index >= 15 is 0 Å². The van der Waals surface area contributed by atoms with E-state index in [0.29, 0.717) is 6.61 Å². The first-order valence-electron chi connectivity index (χ1n) is 6.71. The van der Waals surface area contributed by atoms with Gasteiger partial charge in [0.15, 0.2) is 0 Å². The molecule has 0 spiro atoms. The van der Waals surface area contributed by atoms with Crippen LogP contribution >= 0.6 is 0 Å². The van der Waals surface area contributed by atoms with Gasteiger partial charge in [-0.3, -0.25) is 0 Å². The van der Waals surface area contributed by atoms with Crippen LogP contribution in [0.3, 0.4) is 0 Å². The van der Waals surface area contributed by atoms with Crippen LogP contribution in [-0.2, 0) is 6.61 Å². The summed E-state index contributed by atoms with van der Waals surface area (Å²) in [6.07, 6.45) is 3.44. The highest BCUT2D eigenvalue weighted by atomic mass is 16.5. The van der Waals surface area contributed by atoms with Crippen LogP contribution in [0.1, 0.15) is 5.56 Å². The first-order chi connectivity index (χ1) is 10.4. The molecule has 1 aromatic carbocycles. The van der Waals surface area contributed by atoms with Crippen molar-refractivity contribution in [3.63, 3.8) is 0 Å². The Hall–Kier alpha value is -2.88. The third-order valence-electron chi connectivity index (χ3n) is 2.91. The summed E-state index contributed by atoms with van der Waals surface area (Å²) in [7, 11) is 0. The molecule has 0 aliphatic carbocycles. The molecule has 0 bridgehead atoms. The van der Waals surface area contributed by atoms with E-state index in [1.807, 2.05) is 60.7 Å². The topological polar surface area (TPSA) is 47.0 Å². The summed E-state index contributed by atoms with van der Waals surface area (Å²) in [5.74, 6) is 2.24. The van der Waals surface area contributed by atoms with Gasteiger partial charge in [-0.2, -0.15) is 0 Å². The Morgan fingerprint density at radius 2 is 1.62 bits per heavy atom. The lowest BCUT2D eigenvalue weighted by molar-refractivity contribution is 0.305. The highest BCUT2D eigenvalue weighted by Crippen LogP contribution is 2.16. The molecule has 3 rings (SSSR count). The minimum Gasteiger partial charge on any atom is -0.487 e. The number of nitrogens with zero attached hydrogens (tertiary/aromatic N) is 2. The number of benzene rings is 1. The lowest BCUT2D eigenvalue weighted by Crippen LogP contribution is -1.98. The van der Waals surface area contributed by atoms with E-state index in [9.17, 15) is 0 Å². The molecular formula is C17H15N3O. The minimum atomic E-state index is 0.537. The van der Waals surface area contributed by atoms with E-state index in [2.05, 4.69) is 15.3 Å². The highest BCUT2D eigenvalue weighted by Gasteiger charge is 1.99. The monoisotopic (exact) mass is 277 g/mol. The standard InChI is InChI=1S/C17H15N3O/c1-2-6-14(7-3-1)13-21-15-9-10-17(19-12-15)20-16-8-4-5-11-18-16/h1-12H,13H2,(H,18,19,20). The maximum absolute atomic E-state index is 5.69. The van der Waals surface area contributed by atoms with Crippen molar-refractivity contribution in [3.05, 3.63) is 78.6 Å². The third kappa shape index (κ3) is 3.79. The molecule has 4 nitrogen and oxygen atoms in total. The Balaban J connectivity index is 1.59. The van der Waals surface area contributed by atoms with E-state index < -0.39 is 0 Å². The molecular weight excluding hydrogens is 262 g/mol. The van der Waals surface area contributed by atoms with E-state index in [1.165, 1.54) is 0 Å². The molecule has 4 heteroatoms. The summed E-state index contributed by atoms with van der Waals surface area (Å²) in [4.78, 5) is 8.50. The molecule has 2 aromatic heterocycles. The first-order valence-corrected chi connectivity index (χ1v) is 6.71. The van der Waals surface area contributed by atoms with Crippen LogP contribution in [-0.4, -0.2) is 9.97 Å². The van der Waals surface area contributed by atoms with Gasteiger partial charge in [-0.15, -0.1) is 0 Å². The second-order valence-electron chi connectivity index (χ2n) is 4.49. The van der Waals surface area contributed by atoms with Gasteiger partial charge in [0.1, 0.15) is 24.0 Å². The molecule has 0 atom stereocenters. The summed E-state index contributed by atoms with van der Waals surface area (Å²) in [6, 6.07) is 19.5. The number of rotatable bonds is 5. The lowest BCUT2D eigenvalue weighted by Gasteiger charge is -2.07. The molecule has 0 unspecified atom stereocenters. The van der Waals surface area contributed by atoms with Crippen LogP contribution in [0.25, 0.3) is 0 Å². The SMILES string of the molecule is c1ccc(COc2ccc(Nc3ccccn3)nc2)cc1. The van der Waals surface area contributed by atoms with Crippen molar-refractivity contribution in [1.29, 1.82) is 0 Å². The van der Waals surface area contributed by atoms with Crippen molar-refractivity contribution in [1.82, 2.24) is 9.97 Å². The van der Waals surface area contributed by atoms with Crippen LogP contribution in [0.2, 0.25) is 0 Å². The molecule has 0 saturated heterocycles. The largest absolute Gasteiger partial charge is 0.487 e. The van der Waals surface area contributed by atoms with Crippen LogP contribution in [0.4, 0.5) is 11.6 Å². The Bertz CT molecular complexity index is 669. The zero-order chi connectivity index (χ0) is 14.3. The second-order valence-corrected chi connectivity index (χ2v) is 4.49. The summed E-state index contributed by atoms with van der Waals surface area (Å²) >= 11 is 0. The summed E-state index contributed by atoms with van der Waals surface area (Å²) < 4.78 is 5.69. The summed E-state index contributed by atoms with van der Waals surface area (Å²) in [6.45, 7) is 0.537. The van der Waals surface area contributed by atoms with Gasteiger partial charge >= 0.3 is 0 Å². The fourth-order valence-corrected chi connectivity index (χ4v) is 1.85. The molecule has 0 saturated carbocycles. The van der Waals surface area contributed by atoms with Gasteiger partial charge in [0, 0.05) is 6.20 Å². The number of pyridine rings is 2. The molecule has 0 aliphatic rings. The maximum Gasteiger partial charge on any atom is 0.138 e. The highest BCUT2D eigenvalue weighted by molar-refractivity contribution is 5.51. The summed E-state index contributed by atoms with van der Waals surface area (Å²) in [5, 5.41) is 3.13. The fourth-order valence-electron chi connectivity index (χ4n) is 1.85. The van der Waals surface area contributed by atoms with Crippen molar-refractivity contribution in [3.8, 4) is 5.75 Å². The summed E-state index contributed by atoms with van der Waals surface area (Å²) in [5.41, 5.74) is 1.13. The van der Waals surface area contributed by atoms with Crippen LogP contribution in [0.15, 0.2) is 73.1 Å². The Morgan fingerprint density at radius 1 is 0.810 bits per heavy atom. The number of aromatic nitrogens is 2. The second kappa shape index (κ2) is 6.52. The molecule has 3 aromatic rings. The average Bonchev–Trinajstić information content (AvgIpc) is 2.56. The molecule has 21 heavy (non-hydrogen) atoms. The molecule has 1 N–H and O–H groups in total. The predicted octanol–water partition coefficient (Wildman–Crippen LogP) is 3.80. The third-order valence-corrected chi connectivity index (χ3v) is 2.91. The van der Waals surface area contributed by atoms with E-state index in [-0.39, 0.29) is 0 Å². The lowest BCUT2D eigenvalue weighted by atomic mass is 10.2. The van der Waals surface area contributed by atoms with E-state index in [0.717, 1.165) is 22.9 Å². The normalized spacial score (nSPS) is 10.1. The number of hydrogen-bond donors (Lipinski definition) is 1. The van der Waals surface area contributed by atoms with Crippen LogP contribution in [0, 0.1) is 0 Å². The van der Waals surface area contributed by atoms with Gasteiger partial charge in [0.2, 0.25) is 0 Å². The number of ether oxygens (including phenoxy) is 1. The molecule has 0 fully saturated rings. The number of nitrogens with one attached hydrogen (secondary N) is 1. The van der Waals surface area contributed by atoms with E-state index in [1.54, 1.807) is 12.4 Å². The number of anilines is 2. The first kappa shape index (κ1) is 13.1. The Morgan fingerprint density at radius 3 is 2.33 bits per heavy atom.